The number of cyclic esters (lactones) is 1. The van der Waals surface area contributed by atoms with Crippen molar-refractivity contribution in [1.29, 1.82) is 0 Å². The summed E-state index contributed by atoms with van der Waals surface area (Å²) in [4.78, 5) is 83.3. The van der Waals surface area contributed by atoms with E-state index in [2.05, 4.69) is 70.6 Å². The molecule has 0 radical (unpaired) electrons. The fraction of sp³-hybridized carbons (Fsp3) is 0.586. The van der Waals surface area contributed by atoms with E-state index in [1.807, 2.05) is 65.9 Å². The van der Waals surface area contributed by atoms with Crippen molar-refractivity contribution < 1.29 is 42.9 Å². The lowest BCUT2D eigenvalue weighted by Crippen LogP contribution is -2.62. The summed E-state index contributed by atoms with van der Waals surface area (Å²) in [5, 5.41) is 9.02. The van der Waals surface area contributed by atoms with Crippen molar-refractivity contribution in [2.75, 3.05) is 71.5 Å². The fourth-order valence-corrected chi connectivity index (χ4v) is 11.9. The summed E-state index contributed by atoms with van der Waals surface area (Å²) in [6.45, 7) is 22.3. The Bertz CT molecular complexity index is 2850. The molecule has 5 aliphatic rings. The highest BCUT2D eigenvalue weighted by molar-refractivity contribution is 5.96. The summed E-state index contributed by atoms with van der Waals surface area (Å²) in [6.07, 6.45) is 2.98. The van der Waals surface area contributed by atoms with E-state index >= 15 is 0 Å². The second-order valence-electron chi connectivity index (χ2n) is 23.5. The maximum absolute atomic E-state index is 15.0. The number of fused-ring (bicyclic) bond motifs is 8. The zero-order chi connectivity index (χ0) is 54.4. The molecule has 0 aliphatic carbocycles. The Balaban J connectivity index is 1.25. The number of carbonyl (C=O) groups is 5. The predicted molar refractivity (Wildman–Crippen MR) is 290 cm³/mol. The molecule has 18 heteroatoms. The number of aromatic nitrogens is 2. The monoisotopic (exact) mass is 1050 g/mol. The number of likely N-dealkylation sites (N-methyl/N-ethyl adjacent to an activating group) is 1. The van der Waals surface area contributed by atoms with Gasteiger partial charge in [-0.1, -0.05) is 39.8 Å². The minimum absolute atomic E-state index is 0.0350. The second kappa shape index (κ2) is 22.0. The van der Waals surface area contributed by atoms with Crippen molar-refractivity contribution in [3.8, 4) is 28.1 Å². The number of hydrazine groups is 1. The van der Waals surface area contributed by atoms with Gasteiger partial charge in [-0.15, -0.1) is 0 Å². The Morgan fingerprint density at radius 2 is 1.68 bits per heavy atom. The molecule has 5 aliphatic heterocycles. The van der Waals surface area contributed by atoms with E-state index in [4.69, 9.17) is 23.9 Å². The van der Waals surface area contributed by atoms with Crippen LogP contribution in [0.25, 0.3) is 33.3 Å². The Labute approximate surface area is 447 Å². The first-order valence-corrected chi connectivity index (χ1v) is 27.4. The maximum atomic E-state index is 15.0. The summed E-state index contributed by atoms with van der Waals surface area (Å²) in [7, 11) is 3.31. The van der Waals surface area contributed by atoms with Crippen molar-refractivity contribution >= 4 is 46.4 Å². The first kappa shape index (κ1) is 54.5. The molecule has 0 saturated carbocycles. The zero-order valence-electron chi connectivity index (χ0n) is 46.4. The van der Waals surface area contributed by atoms with Gasteiger partial charge in [-0.3, -0.25) is 29.2 Å². The van der Waals surface area contributed by atoms with Crippen LogP contribution in [-0.4, -0.2) is 151 Å². The van der Waals surface area contributed by atoms with Crippen LogP contribution >= 0.6 is 0 Å². The van der Waals surface area contributed by atoms with Crippen molar-refractivity contribution in [3.63, 3.8) is 0 Å². The maximum Gasteiger partial charge on any atom is 0.410 e. The quantitative estimate of drug-likeness (QED) is 0.174. The summed E-state index contributed by atoms with van der Waals surface area (Å²) < 4.78 is 27.3. The number of esters is 1. The number of nitrogens with one attached hydrogen (secondary N) is 3. The molecule has 6 atom stereocenters. The Morgan fingerprint density at radius 3 is 2.39 bits per heavy atom. The van der Waals surface area contributed by atoms with Crippen LogP contribution in [0.4, 0.5) is 10.5 Å². The predicted octanol–water partition coefficient (Wildman–Crippen LogP) is 6.66. The van der Waals surface area contributed by atoms with E-state index in [0.717, 1.165) is 76.4 Å². The van der Waals surface area contributed by atoms with Crippen LogP contribution < -0.4 is 25.7 Å². The summed E-state index contributed by atoms with van der Waals surface area (Å²) in [5.74, 6) is -2.30. The van der Waals surface area contributed by atoms with Crippen LogP contribution in [0.1, 0.15) is 105 Å². The van der Waals surface area contributed by atoms with Crippen molar-refractivity contribution in [1.82, 2.24) is 40.4 Å². The van der Waals surface area contributed by atoms with E-state index in [0.29, 0.717) is 50.1 Å². The average Bonchev–Trinajstić information content (AvgIpc) is 3.98. The number of benzene rings is 2. The van der Waals surface area contributed by atoms with Gasteiger partial charge in [-0.25, -0.2) is 10.2 Å². The second-order valence-corrected chi connectivity index (χ2v) is 23.5. The van der Waals surface area contributed by atoms with Crippen LogP contribution in [0.15, 0.2) is 48.7 Å². The van der Waals surface area contributed by atoms with E-state index < -0.39 is 65.0 Å². The molecule has 7 heterocycles. The summed E-state index contributed by atoms with van der Waals surface area (Å²) in [5.41, 5.74) is 10.2. The third-order valence-corrected chi connectivity index (χ3v) is 15.8. The van der Waals surface area contributed by atoms with Crippen molar-refractivity contribution in [2.45, 2.75) is 137 Å². The topological polar surface area (TPSA) is 189 Å². The normalized spacial score (nSPS) is 24.2. The minimum atomic E-state index is -1.12. The van der Waals surface area contributed by atoms with Gasteiger partial charge < -0.3 is 48.8 Å². The third kappa shape index (κ3) is 11.3. The number of hydrogen-bond donors (Lipinski definition) is 3. The Morgan fingerprint density at radius 1 is 0.921 bits per heavy atom. The van der Waals surface area contributed by atoms with Crippen LogP contribution in [0, 0.1) is 17.3 Å². The molecular formula is C58H79N9O9. The van der Waals surface area contributed by atoms with E-state index in [1.54, 1.807) is 19.1 Å². The largest absolute Gasteiger partial charge is 0.491 e. The number of ether oxygens (including phenoxy) is 4. The summed E-state index contributed by atoms with van der Waals surface area (Å²) in [6, 6.07) is 11.0. The number of rotatable bonds is 6. The van der Waals surface area contributed by atoms with Crippen LogP contribution in [0.2, 0.25) is 0 Å². The molecule has 4 amide bonds. The van der Waals surface area contributed by atoms with E-state index in [9.17, 15) is 24.0 Å². The Hall–Kier alpha value is -6.24. The SMILES string of the molecule is CCn1c(-c2cc(N3CCNCC3)cnc2[C@H](C)OC)c2c3cc(ccc31)-c1cc3cc(c1)OC[C@@H]1[C@H](CCN1C(=O)OC(C)(C)C)C(=O)N(C)[C@@H](C(C)C)C(=O)N[C@@H](C3)C(=O)N1CCC[C@H](N1)C(=O)OCC(C)(C)C2. The highest BCUT2D eigenvalue weighted by Gasteiger charge is 2.47. The molecule has 18 nitrogen and oxygen atoms in total. The van der Waals surface area contributed by atoms with E-state index in [-0.39, 0.29) is 44.1 Å². The first-order valence-electron chi connectivity index (χ1n) is 27.4. The number of likely N-dealkylation sites (tertiary alicyclic amines) is 1. The van der Waals surface area contributed by atoms with Gasteiger partial charge in [0.1, 0.15) is 36.1 Å². The number of carbonyl (C=O) groups excluding carboxylic acids is 5. The number of anilines is 1. The van der Waals surface area contributed by atoms with Crippen LogP contribution in [0.3, 0.4) is 0 Å². The molecule has 0 spiro atoms. The molecule has 9 rings (SSSR count). The lowest BCUT2D eigenvalue weighted by Gasteiger charge is -2.37. The molecule has 3 N–H and O–H groups in total. The molecule has 0 unspecified atom stereocenters. The van der Waals surface area contributed by atoms with Gasteiger partial charge in [0.15, 0.2) is 0 Å². The number of pyridine rings is 1. The van der Waals surface area contributed by atoms with Gasteiger partial charge in [0.2, 0.25) is 11.8 Å². The number of nitrogens with zero attached hydrogens (tertiary/aromatic N) is 6. The van der Waals surface area contributed by atoms with Gasteiger partial charge in [-0.2, -0.15) is 0 Å². The highest BCUT2D eigenvalue weighted by atomic mass is 16.6. The zero-order valence-corrected chi connectivity index (χ0v) is 46.4. The van der Waals surface area contributed by atoms with Crippen molar-refractivity contribution in [3.05, 3.63) is 65.5 Å². The molecule has 3 fully saturated rings. The number of hydrogen-bond acceptors (Lipinski definition) is 13. The number of piperazine rings is 1. The molecule has 410 valence electrons. The van der Waals surface area contributed by atoms with Gasteiger partial charge in [0.05, 0.1) is 47.9 Å². The molecule has 76 heavy (non-hydrogen) atoms. The first-order chi connectivity index (χ1) is 36.1. The molecule has 2 aromatic carbocycles. The number of methoxy groups -OCH3 is 1. The van der Waals surface area contributed by atoms with Gasteiger partial charge in [-0.05, 0) is 119 Å². The van der Waals surface area contributed by atoms with Gasteiger partial charge >= 0.3 is 12.1 Å². The number of aryl methyl sites for hydroxylation is 1. The summed E-state index contributed by atoms with van der Waals surface area (Å²) >= 11 is 0. The Kier molecular flexibility index (Phi) is 15.8. The molecule has 3 saturated heterocycles. The van der Waals surface area contributed by atoms with E-state index in [1.165, 1.54) is 9.91 Å². The highest BCUT2D eigenvalue weighted by Crippen LogP contribution is 2.44. The van der Waals surface area contributed by atoms with Crippen LogP contribution in [0.5, 0.6) is 5.75 Å². The smallest absolute Gasteiger partial charge is 0.410 e. The molecule has 8 bridgehead atoms. The van der Waals surface area contributed by atoms with Crippen molar-refractivity contribution in [2.24, 2.45) is 17.3 Å². The lowest BCUT2D eigenvalue weighted by atomic mass is 9.84. The fourth-order valence-electron chi connectivity index (χ4n) is 11.9. The van der Waals surface area contributed by atoms with Crippen LogP contribution in [-0.2, 0) is 52.8 Å². The standard InChI is InChI=1S/C58H79N9O9/c1-12-65-47-16-15-37-28-42(47)44(51(65)43-29-39(64-22-18-59-19-23-64)31-60-49(43)35(4)73-11)30-58(8,9)33-75-55(71)45-14-13-20-67(62-45)54(70)46-26-36-24-38(37)27-40(25-36)74-32-48-41(17-21-66(48)56(72)76-57(5,6)7)53(69)63(10)50(34(2)3)52(68)61-46/h15-16,24-25,27-29,31,34-35,41,45-46,48,50,59,62H,12-14,17-23,26,30,32-33H2,1-11H3,(H,61,68)/t35-,41-,45-,46-,48+,50-/m0/s1. The van der Waals surface area contributed by atoms with Gasteiger partial charge in [0, 0.05) is 88.3 Å². The lowest BCUT2D eigenvalue weighted by molar-refractivity contribution is -0.155. The number of amides is 4. The average molecular weight is 1050 g/mol. The minimum Gasteiger partial charge on any atom is -0.491 e. The molecule has 4 aromatic rings. The molecular weight excluding hydrogens is 967 g/mol. The van der Waals surface area contributed by atoms with Gasteiger partial charge in [0.25, 0.3) is 5.91 Å². The molecule has 2 aromatic heterocycles. The third-order valence-electron chi connectivity index (χ3n) is 15.8.